The van der Waals surface area contributed by atoms with E-state index in [1.54, 1.807) is 46.3 Å². The summed E-state index contributed by atoms with van der Waals surface area (Å²) in [6, 6.07) is 13.1. The lowest BCUT2D eigenvalue weighted by molar-refractivity contribution is -0.146. The molecule has 3 rings (SSSR count). The van der Waals surface area contributed by atoms with E-state index < -0.39 is 29.9 Å². The summed E-state index contributed by atoms with van der Waals surface area (Å²) in [4.78, 5) is 34.8. The molecule has 0 aliphatic carbocycles. The molecule has 0 radical (unpaired) electrons. The molecule has 168 valence electrons. The lowest BCUT2D eigenvalue weighted by atomic mass is 9.76. The average molecular weight is 437 g/mol. The van der Waals surface area contributed by atoms with Gasteiger partial charge in [0, 0.05) is 36.8 Å². The molecule has 0 N–H and O–H groups in total. The quantitative estimate of drug-likeness (QED) is 0.581. The van der Waals surface area contributed by atoms with Gasteiger partial charge in [0.15, 0.2) is 0 Å². The average Bonchev–Trinajstić information content (AvgIpc) is 2.80. The predicted octanol–water partition coefficient (Wildman–Crippen LogP) is 4.02. The van der Waals surface area contributed by atoms with Crippen LogP contribution in [-0.2, 0) is 23.8 Å². The summed E-state index contributed by atoms with van der Waals surface area (Å²) in [6.07, 6.45) is 2.88. The van der Waals surface area contributed by atoms with Crippen molar-refractivity contribution in [2.45, 2.75) is 32.8 Å². The van der Waals surface area contributed by atoms with Crippen molar-refractivity contribution in [1.82, 2.24) is 4.98 Å². The molecule has 0 spiro atoms. The fourth-order valence-corrected chi connectivity index (χ4v) is 3.96. The Labute approximate surface area is 188 Å². The molecule has 0 saturated carbocycles. The Morgan fingerprint density at radius 3 is 2.44 bits per heavy atom. The van der Waals surface area contributed by atoms with Crippen molar-refractivity contribution < 1.29 is 23.8 Å². The van der Waals surface area contributed by atoms with E-state index in [4.69, 9.17) is 14.2 Å². The third-order valence-electron chi connectivity index (χ3n) is 5.45. The van der Waals surface area contributed by atoms with Crippen LogP contribution in [0, 0.1) is 5.92 Å². The monoisotopic (exact) mass is 436 g/mol. The van der Waals surface area contributed by atoms with Gasteiger partial charge in [0.25, 0.3) is 0 Å². The molecule has 0 bridgehead atoms. The third-order valence-corrected chi connectivity index (χ3v) is 5.45. The molecular formula is C25H28N2O5. The molecule has 1 aliphatic rings. The van der Waals surface area contributed by atoms with Crippen LogP contribution in [-0.4, -0.2) is 43.0 Å². The van der Waals surface area contributed by atoms with E-state index in [0.717, 1.165) is 11.1 Å². The minimum atomic E-state index is -0.738. The molecule has 7 heteroatoms. The Kier molecular flexibility index (Phi) is 7.89. The highest BCUT2D eigenvalue weighted by molar-refractivity contribution is 6.07. The van der Waals surface area contributed by atoms with Crippen LogP contribution >= 0.6 is 0 Å². The highest BCUT2D eigenvalue weighted by atomic mass is 16.6. The molecule has 1 aromatic carbocycles. The van der Waals surface area contributed by atoms with E-state index in [2.05, 4.69) is 9.98 Å². The number of esters is 2. The van der Waals surface area contributed by atoms with Crippen LogP contribution in [0.1, 0.15) is 43.9 Å². The van der Waals surface area contributed by atoms with E-state index in [1.807, 2.05) is 36.4 Å². The summed E-state index contributed by atoms with van der Waals surface area (Å²) in [5.41, 5.74) is 3.04. The number of nitrogens with zero attached hydrogens (tertiary/aromatic N) is 2. The van der Waals surface area contributed by atoms with Crippen molar-refractivity contribution in [1.29, 1.82) is 0 Å². The van der Waals surface area contributed by atoms with Gasteiger partial charge in [-0.2, -0.15) is 0 Å². The number of carbonyl (C=O) groups is 2. The van der Waals surface area contributed by atoms with Crippen molar-refractivity contribution >= 4 is 17.7 Å². The van der Waals surface area contributed by atoms with Crippen LogP contribution in [0.25, 0.3) is 0 Å². The molecule has 0 fully saturated rings. The Morgan fingerprint density at radius 2 is 1.81 bits per heavy atom. The maximum Gasteiger partial charge on any atom is 0.336 e. The number of ether oxygens (including phenoxy) is 3. The first-order valence-electron chi connectivity index (χ1n) is 10.5. The first kappa shape index (κ1) is 23.3. The minimum Gasteiger partial charge on any atom is -0.465 e. The normalized spacial score (nSPS) is 19.2. The van der Waals surface area contributed by atoms with Gasteiger partial charge in [0.1, 0.15) is 18.6 Å². The zero-order valence-electron chi connectivity index (χ0n) is 18.8. The summed E-state index contributed by atoms with van der Waals surface area (Å²) in [7, 11) is 1.57. The Bertz CT molecular complexity index is 1000. The van der Waals surface area contributed by atoms with Crippen molar-refractivity contribution in [3.8, 4) is 0 Å². The highest BCUT2D eigenvalue weighted by Crippen LogP contribution is 2.40. The van der Waals surface area contributed by atoms with Gasteiger partial charge >= 0.3 is 11.9 Å². The fourth-order valence-electron chi connectivity index (χ4n) is 3.96. The molecule has 1 aromatic heterocycles. The molecule has 3 atom stereocenters. The van der Waals surface area contributed by atoms with Gasteiger partial charge < -0.3 is 14.2 Å². The Hall–Kier alpha value is -3.32. The van der Waals surface area contributed by atoms with Crippen LogP contribution in [0.4, 0.5) is 0 Å². The van der Waals surface area contributed by atoms with Crippen molar-refractivity contribution in [3.05, 3.63) is 77.3 Å². The molecule has 2 heterocycles. The molecule has 32 heavy (non-hydrogen) atoms. The minimum absolute atomic E-state index is 0.0304. The maximum absolute atomic E-state index is 13.3. The van der Waals surface area contributed by atoms with Gasteiger partial charge in [-0.05, 0) is 38.0 Å². The summed E-state index contributed by atoms with van der Waals surface area (Å²) in [5, 5.41) is 0. The first-order chi connectivity index (χ1) is 15.5. The summed E-state index contributed by atoms with van der Waals surface area (Å²) in [6.45, 7) is 5.53. The largest absolute Gasteiger partial charge is 0.465 e. The van der Waals surface area contributed by atoms with Gasteiger partial charge in [0.05, 0.1) is 12.2 Å². The van der Waals surface area contributed by atoms with Crippen LogP contribution in [0.3, 0.4) is 0 Å². The fraction of sp³-hybridized carbons (Fsp3) is 0.360. The number of methoxy groups -OCH3 is 1. The second-order valence-corrected chi connectivity index (χ2v) is 7.48. The SMILES string of the molecule is CCOC(=O)C1C(C)=NC(C)=C(C(=O)OCC(OC)c2ccccc2)C1c1cccnc1. The lowest BCUT2D eigenvalue weighted by Crippen LogP contribution is -2.36. The van der Waals surface area contributed by atoms with Crippen LogP contribution < -0.4 is 0 Å². The zero-order chi connectivity index (χ0) is 23.1. The number of rotatable bonds is 8. The van der Waals surface area contributed by atoms with Crippen molar-refractivity contribution in [2.24, 2.45) is 10.9 Å². The number of benzene rings is 1. The second-order valence-electron chi connectivity index (χ2n) is 7.48. The number of pyridine rings is 1. The molecule has 2 aromatic rings. The van der Waals surface area contributed by atoms with Crippen LogP contribution in [0.5, 0.6) is 0 Å². The zero-order valence-corrected chi connectivity index (χ0v) is 18.8. The molecule has 3 unspecified atom stereocenters. The summed E-state index contributed by atoms with van der Waals surface area (Å²) in [5.74, 6) is -2.32. The Balaban J connectivity index is 1.93. The topological polar surface area (TPSA) is 87.1 Å². The molecule has 0 amide bonds. The number of carbonyl (C=O) groups excluding carboxylic acids is 2. The first-order valence-corrected chi connectivity index (χ1v) is 10.5. The number of allylic oxidation sites excluding steroid dienone is 1. The van der Waals surface area contributed by atoms with Crippen molar-refractivity contribution in [2.75, 3.05) is 20.3 Å². The maximum atomic E-state index is 13.3. The number of aliphatic imine (C=N–C) groups is 1. The summed E-state index contributed by atoms with van der Waals surface area (Å²) < 4.78 is 16.5. The molecule has 7 nitrogen and oxygen atoms in total. The number of hydrogen-bond donors (Lipinski definition) is 0. The summed E-state index contributed by atoms with van der Waals surface area (Å²) >= 11 is 0. The lowest BCUT2D eigenvalue weighted by Gasteiger charge is -2.31. The van der Waals surface area contributed by atoms with E-state index >= 15 is 0 Å². The molecule has 0 saturated heterocycles. The second kappa shape index (κ2) is 10.8. The molecular weight excluding hydrogens is 408 g/mol. The third kappa shape index (κ3) is 5.11. The van der Waals surface area contributed by atoms with E-state index in [1.165, 1.54) is 0 Å². The van der Waals surface area contributed by atoms with Crippen LogP contribution in [0.2, 0.25) is 0 Å². The number of aromatic nitrogens is 1. The molecule has 1 aliphatic heterocycles. The standard InChI is InChI=1S/C25H28N2O5/c1-5-31-24(28)21-16(2)27-17(3)22(23(21)19-12-9-13-26-14-19)25(29)32-15-20(30-4)18-10-7-6-8-11-18/h6-14,20-21,23H,5,15H2,1-4H3. The van der Waals surface area contributed by atoms with E-state index in [0.29, 0.717) is 17.0 Å². The number of hydrogen-bond acceptors (Lipinski definition) is 7. The van der Waals surface area contributed by atoms with Gasteiger partial charge in [-0.25, -0.2) is 4.79 Å². The smallest absolute Gasteiger partial charge is 0.336 e. The van der Waals surface area contributed by atoms with E-state index in [9.17, 15) is 9.59 Å². The van der Waals surface area contributed by atoms with Crippen LogP contribution in [0.15, 0.2) is 71.1 Å². The van der Waals surface area contributed by atoms with Crippen molar-refractivity contribution in [3.63, 3.8) is 0 Å². The van der Waals surface area contributed by atoms with E-state index in [-0.39, 0.29) is 13.2 Å². The van der Waals surface area contributed by atoms with Gasteiger partial charge in [-0.15, -0.1) is 0 Å². The van der Waals surface area contributed by atoms with Gasteiger partial charge in [-0.1, -0.05) is 36.4 Å². The van der Waals surface area contributed by atoms with Gasteiger partial charge in [0.2, 0.25) is 0 Å². The Morgan fingerprint density at radius 1 is 1.06 bits per heavy atom. The highest BCUT2D eigenvalue weighted by Gasteiger charge is 2.42. The predicted molar refractivity (Wildman–Crippen MR) is 120 cm³/mol. The van der Waals surface area contributed by atoms with Gasteiger partial charge in [-0.3, -0.25) is 14.8 Å².